The molecule has 2 aliphatic rings. The van der Waals surface area contributed by atoms with E-state index in [2.05, 4.69) is 11.0 Å². The molecular weight excluding hydrogens is 434 g/mol. The Morgan fingerprint density at radius 1 is 0.909 bits per heavy atom. The van der Waals surface area contributed by atoms with E-state index in [-0.39, 0.29) is 6.04 Å². The number of amidine groups is 1. The molecule has 7 heteroatoms. The average molecular weight is 462 g/mol. The Hall–Kier alpha value is -3.16. The van der Waals surface area contributed by atoms with Crippen molar-refractivity contribution in [3.8, 4) is 11.5 Å². The van der Waals surface area contributed by atoms with Gasteiger partial charge in [-0.3, -0.25) is 0 Å². The van der Waals surface area contributed by atoms with Crippen LogP contribution in [0.25, 0.3) is 0 Å². The molecule has 3 aromatic carbocycles. The Morgan fingerprint density at radius 3 is 2.48 bits per heavy atom. The molecule has 1 unspecified atom stereocenters. The summed E-state index contributed by atoms with van der Waals surface area (Å²) < 4.78 is 34.5. The molecule has 1 saturated heterocycles. The van der Waals surface area contributed by atoms with Gasteiger partial charge in [-0.05, 0) is 62.7 Å². The topological polar surface area (TPSA) is 62.2 Å². The molecule has 6 nitrogen and oxygen atoms in total. The summed E-state index contributed by atoms with van der Waals surface area (Å²) >= 11 is 0. The second-order valence-electron chi connectivity index (χ2n) is 8.73. The van der Waals surface area contributed by atoms with Gasteiger partial charge >= 0.3 is 0 Å². The van der Waals surface area contributed by atoms with E-state index < -0.39 is 10.0 Å². The van der Waals surface area contributed by atoms with E-state index in [1.165, 1.54) is 0 Å². The fourth-order valence-electron chi connectivity index (χ4n) is 4.48. The predicted molar refractivity (Wildman–Crippen MR) is 130 cm³/mol. The van der Waals surface area contributed by atoms with Crippen LogP contribution in [0.2, 0.25) is 0 Å². The summed E-state index contributed by atoms with van der Waals surface area (Å²) in [5, 5.41) is 0. The van der Waals surface area contributed by atoms with Gasteiger partial charge in [-0.15, -0.1) is 0 Å². The van der Waals surface area contributed by atoms with Gasteiger partial charge in [0, 0.05) is 25.7 Å². The zero-order valence-corrected chi connectivity index (χ0v) is 19.8. The molecule has 0 saturated carbocycles. The number of sulfonamides is 1. The first-order valence-electron chi connectivity index (χ1n) is 11.1. The van der Waals surface area contributed by atoms with Crippen molar-refractivity contribution < 1.29 is 13.2 Å². The van der Waals surface area contributed by atoms with E-state index in [1.54, 1.807) is 22.5 Å². The molecule has 0 aliphatic carbocycles. The predicted octanol–water partition coefficient (Wildman–Crippen LogP) is 4.88. The van der Waals surface area contributed by atoms with Gasteiger partial charge in [0.25, 0.3) is 0 Å². The molecule has 5 rings (SSSR count). The van der Waals surface area contributed by atoms with Gasteiger partial charge in [0.1, 0.15) is 17.3 Å². The van der Waals surface area contributed by atoms with E-state index >= 15 is 0 Å². The molecule has 3 aromatic rings. The number of piperazine rings is 1. The van der Waals surface area contributed by atoms with Gasteiger partial charge < -0.3 is 9.64 Å². The highest BCUT2D eigenvalue weighted by Crippen LogP contribution is 2.38. The van der Waals surface area contributed by atoms with Crippen LogP contribution >= 0.6 is 0 Å². The third kappa shape index (κ3) is 4.03. The number of aryl methyl sites for hydroxylation is 2. The Balaban J connectivity index is 1.49. The zero-order valence-electron chi connectivity index (χ0n) is 19.0. The highest BCUT2D eigenvalue weighted by molar-refractivity contribution is 7.89. The second-order valence-corrected chi connectivity index (χ2v) is 10.6. The first-order chi connectivity index (χ1) is 15.8. The lowest BCUT2D eigenvalue weighted by Crippen LogP contribution is -2.55. The molecule has 0 aromatic heterocycles. The first kappa shape index (κ1) is 21.7. The van der Waals surface area contributed by atoms with Gasteiger partial charge in [-0.25, -0.2) is 13.4 Å². The first-order valence-corrected chi connectivity index (χ1v) is 12.6. The lowest BCUT2D eigenvalue weighted by atomic mass is 10.1. The number of rotatable bonds is 2. The SMILES string of the molecule is Cc1cccc(S(=O)(=O)N2CCN(C3=Nc4ccccc4Oc4ccc(C)cc43)CC2C)c1. The summed E-state index contributed by atoms with van der Waals surface area (Å²) in [6.45, 7) is 7.39. The average Bonchev–Trinajstić information content (AvgIpc) is 2.95. The number of nitrogens with zero attached hydrogens (tertiary/aromatic N) is 3. The van der Waals surface area contributed by atoms with Crippen LogP contribution in [0.15, 0.2) is 76.6 Å². The van der Waals surface area contributed by atoms with Gasteiger partial charge in [0.15, 0.2) is 5.75 Å². The lowest BCUT2D eigenvalue weighted by molar-refractivity contribution is 0.205. The fraction of sp³-hybridized carbons (Fsp3) is 0.269. The summed E-state index contributed by atoms with van der Waals surface area (Å²) in [6, 6.07) is 20.7. The maximum absolute atomic E-state index is 13.4. The number of ether oxygens (including phenoxy) is 1. The van der Waals surface area contributed by atoms with Gasteiger partial charge in [-0.2, -0.15) is 4.31 Å². The fourth-order valence-corrected chi connectivity index (χ4v) is 6.20. The third-order valence-corrected chi connectivity index (χ3v) is 8.16. The minimum atomic E-state index is -3.57. The smallest absolute Gasteiger partial charge is 0.243 e. The highest BCUT2D eigenvalue weighted by atomic mass is 32.2. The third-order valence-electron chi connectivity index (χ3n) is 6.15. The minimum Gasteiger partial charge on any atom is -0.454 e. The molecule has 0 bridgehead atoms. The molecule has 0 amide bonds. The summed E-state index contributed by atoms with van der Waals surface area (Å²) in [5.41, 5.74) is 3.74. The Bertz CT molecular complexity index is 1350. The summed E-state index contributed by atoms with van der Waals surface area (Å²) in [6.07, 6.45) is 0. The Morgan fingerprint density at radius 2 is 1.70 bits per heavy atom. The lowest BCUT2D eigenvalue weighted by Gasteiger charge is -2.40. The van der Waals surface area contributed by atoms with Crippen molar-refractivity contribution in [3.63, 3.8) is 0 Å². The molecule has 2 aliphatic heterocycles. The monoisotopic (exact) mass is 461 g/mol. The zero-order chi connectivity index (χ0) is 23.2. The number of aliphatic imine (C=N–C) groups is 1. The second kappa shape index (κ2) is 8.32. The van der Waals surface area contributed by atoms with Crippen molar-refractivity contribution in [2.45, 2.75) is 31.7 Å². The molecule has 0 radical (unpaired) electrons. The standard InChI is InChI=1S/C26H27N3O3S/c1-18-7-6-8-21(15-18)33(30,31)29-14-13-28(17-20(29)3)26-22-16-19(2)11-12-24(22)32-25-10-5-4-9-23(25)27-26/h4-12,15-16,20H,13-14,17H2,1-3H3. The summed E-state index contributed by atoms with van der Waals surface area (Å²) in [7, 11) is -3.57. The van der Waals surface area contributed by atoms with Crippen LogP contribution in [0.1, 0.15) is 23.6 Å². The highest BCUT2D eigenvalue weighted by Gasteiger charge is 2.36. The molecule has 2 heterocycles. The largest absolute Gasteiger partial charge is 0.454 e. The van der Waals surface area contributed by atoms with Crippen molar-refractivity contribution in [3.05, 3.63) is 83.4 Å². The van der Waals surface area contributed by atoms with E-state index in [0.29, 0.717) is 30.3 Å². The Labute approximate surface area is 195 Å². The van der Waals surface area contributed by atoms with Crippen LogP contribution in [0, 0.1) is 13.8 Å². The molecular formula is C26H27N3O3S. The van der Waals surface area contributed by atoms with E-state index in [1.807, 2.05) is 63.2 Å². The van der Waals surface area contributed by atoms with E-state index in [0.717, 1.165) is 34.0 Å². The summed E-state index contributed by atoms with van der Waals surface area (Å²) in [4.78, 5) is 7.51. The van der Waals surface area contributed by atoms with Crippen LogP contribution < -0.4 is 4.74 Å². The minimum absolute atomic E-state index is 0.209. The van der Waals surface area contributed by atoms with Gasteiger partial charge in [0.2, 0.25) is 10.0 Å². The number of para-hydroxylation sites is 2. The van der Waals surface area contributed by atoms with Crippen molar-refractivity contribution in [2.75, 3.05) is 19.6 Å². The number of benzene rings is 3. The van der Waals surface area contributed by atoms with E-state index in [9.17, 15) is 8.42 Å². The van der Waals surface area contributed by atoms with Crippen LogP contribution in [-0.2, 0) is 10.0 Å². The maximum Gasteiger partial charge on any atom is 0.243 e. The molecule has 0 spiro atoms. The van der Waals surface area contributed by atoms with Crippen molar-refractivity contribution in [1.82, 2.24) is 9.21 Å². The van der Waals surface area contributed by atoms with Gasteiger partial charge in [0.05, 0.1) is 10.5 Å². The van der Waals surface area contributed by atoms with Crippen LogP contribution in [0.3, 0.4) is 0 Å². The van der Waals surface area contributed by atoms with E-state index in [4.69, 9.17) is 9.73 Å². The van der Waals surface area contributed by atoms with Crippen molar-refractivity contribution in [1.29, 1.82) is 0 Å². The van der Waals surface area contributed by atoms with Crippen LogP contribution in [0.4, 0.5) is 5.69 Å². The molecule has 170 valence electrons. The molecule has 1 atom stereocenters. The van der Waals surface area contributed by atoms with Crippen molar-refractivity contribution >= 4 is 21.5 Å². The van der Waals surface area contributed by atoms with Crippen molar-refractivity contribution in [2.24, 2.45) is 4.99 Å². The number of hydrogen-bond acceptors (Lipinski definition) is 5. The molecule has 0 N–H and O–H groups in total. The molecule has 33 heavy (non-hydrogen) atoms. The number of fused-ring (bicyclic) bond motifs is 2. The summed E-state index contributed by atoms with van der Waals surface area (Å²) in [5.74, 6) is 2.29. The Kier molecular flexibility index (Phi) is 5.46. The quantitative estimate of drug-likeness (QED) is 0.546. The van der Waals surface area contributed by atoms with Crippen LogP contribution in [0.5, 0.6) is 11.5 Å². The van der Waals surface area contributed by atoms with Gasteiger partial charge in [-0.1, -0.05) is 35.9 Å². The molecule has 1 fully saturated rings. The van der Waals surface area contributed by atoms with Crippen LogP contribution in [-0.4, -0.2) is 49.1 Å². The normalized spacial score (nSPS) is 18.6. The maximum atomic E-state index is 13.4. The number of hydrogen-bond donors (Lipinski definition) is 0.